The lowest BCUT2D eigenvalue weighted by Crippen LogP contribution is -2.18. The largest absolute Gasteiger partial charge is 0.459 e. The summed E-state index contributed by atoms with van der Waals surface area (Å²) in [4.78, 5) is 11.9. The van der Waals surface area contributed by atoms with Crippen LogP contribution in [0.5, 0.6) is 0 Å². The van der Waals surface area contributed by atoms with E-state index in [1.807, 2.05) is 20.8 Å². The minimum Gasteiger partial charge on any atom is -0.459 e. The fourth-order valence-corrected chi connectivity index (χ4v) is 2.63. The third-order valence-corrected chi connectivity index (χ3v) is 3.62. The summed E-state index contributed by atoms with van der Waals surface area (Å²) in [5, 5.41) is 5.08. The molecule has 112 valence electrons. The molecule has 0 heterocycles. The zero-order chi connectivity index (χ0) is 15.5. The summed E-state index contributed by atoms with van der Waals surface area (Å²) in [6.45, 7) is 7.59. The van der Waals surface area contributed by atoms with E-state index >= 15 is 0 Å². The first-order chi connectivity index (χ1) is 9.09. The van der Waals surface area contributed by atoms with E-state index in [9.17, 15) is 13.2 Å². The number of sulfonamides is 1. The van der Waals surface area contributed by atoms with Gasteiger partial charge in [-0.05, 0) is 49.9 Å². The Bertz CT molecular complexity index is 593. The Morgan fingerprint density at radius 3 is 2.35 bits per heavy atom. The van der Waals surface area contributed by atoms with E-state index in [0.717, 1.165) is 6.42 Å². The predicted octanol–water partition coefficient (Wildman–Crippen LogP) is 2.23. The molecule has 0 radical (unpaired) electrons. The molecular weight excluding hydrogens is 278 g/mol. The third-order valence-electron chi connectivity index (χ3n) is 2.73. The van der Waals surface area contributed by atoms with E-state index in [0.29, 0.717) is 11.5 Å². The van der Waals surface area contributed by atoms with E-state index in [2.05, 4.69) is 0 Å². The third kappa shape index (κ3) is 4.94. The number of hydrogen-bond donors (Lipinski definition) is 1. The van der Waals surface area contributed by atoms with Crippen molar-refractivity contribution >= 4 is 16.0 Å². The highest BCUT2D eigenvalue weighted by molar-refractivity contribution is 7.89. The van der Waals surface area contributed by atoms with Crippen LogP contribution in [0, 0.1) is 12.8 Å². The van der Waals surface area contributed by atoms with E-state index in [4.69, 9.17) is 9.88 Å². The van der Waals surface area contributed by atoms with Crippen LogP contribution in [0.25, 0.3) is 0 Å². The van der Waals surface area contributed by atoms with Crippen molar-refractivity contribution in [1.82, 2.24) is 0 Å². The maximum absolute atomic E-state index is 12.0. The Labute approximate surface area is 120 Å². The molecule has 5 nitrogen and oxygen atoms in total. The summed E-state index contributed by atoms with van der Waals surface area (Å²) in [6.07, 6.45) is 0.528. The number of aryl methyl sites for hydroxylation is 1. The summed E-state index contributed by atoms with van der Waals surface area (Å²) in [7, 11) is -3.84. The van der Waals surface area contributed by atoms with Gasteiger partial charge in [0.05, 0.1) is 16.6 Å². The summed E-state index contributed by atoms with van der Waals surface area (Å²) in [5.74, 6) is -0.123. The number of carbonyl (C=O) groups is 1. The highest BCUT2D eigenvalue weighted by Crippen LogP contribution is 2.16. The number of hydrogen-bond acceptors (Lipinski definition) is 4. The van der Waals surface area contributed by atoms with Gasteiger partial charge in [0.15, 0.2) is 0 Å². The Morgan fingerprint density at radius 1 is 1.25 bits per heavy atom. The molecule has 1 aromatic carbocycles. The van der Waals surface area contributed by atoms with Gasteiger partial charge in [-0.2, -0.15) is 0 Å². The first kappa shape index (κ1) is 16.7. The van der Waals surface area contributed by atoms with Crippen LogP contribution >= 0.6 is 0 Å². The number of primary sulfonamides is 1. The van der Waals surface area contributed by atoms with Gasteiger partial charge in [0, 0.05) is 0 Å². The van der Waals surface area contributed by atoms with Crippen molar-refractivity contribution in [2.45, 2.75) is 45.1 Å². The Balaban J connectivity index is 2.97. The lowest BCUT2D eigenvalue weighted by Gasteiger charge is -2.15. The molecule has 0 aliphatic carbocycles. The van der Waals surface area contributed by atoms with Crippen molar-refractivity contribution in [2.75, 3.05) is 0 Å². The van der Waals surface area contributed by atoms with E-state index in [1.54, 1.807) is 13.0 Å². The van der Waals surface area contributed by atoms with Crippen molar-refractivity contribution in [1.29, 1.82) is 0 Å². The van der Waals surface area contributed by atoms with Gasteiger partial charge in [-0.15, -0.1) is 0 Å². The predicted molar refractivity (Wildman–Crippen MR) is 76.9 cm³/mol. The Kier molecular flexibility index (Phi) is 5.30. The van der Waals surface area contributed by atoms with Gasteiger partial charge in [-0.1, -0.05) is 13.8 Å². The van der Waals surface area contributed by atoms with Crippen LogP contribution < -0.4 is 5.14 Å². The highest BCUT2D eigenvalue weighted by atomic mass is 32.2. The summed E-state index contributed by atoms with van der Waals surface area (Å²) >= 11 is 0. The lowest BCUT2D eigenvalue weighted by atomic mass is 10.1. The Morgan fingerprint density at radius 2 is 1.85 bits per heavy atom. The first-order valence-electron chi connectivity index (χ1n) is 6.45. The van der Waals surface area contributed by atoms with Gasteiger partial charge in [0.1, 0.15) is 0 Å². The normalized spacial score (nSPS) is 13.3. The fourth-order valence-electron chi connectivity index (χ4n) is 1.99. The minimum atomic E-state index is -3.84. The molecule has 0 spiro atoms. The topological polar surface area (TPSA) is 86.5 Å². The SMILES string of the molecule is Cc1cc(C(=O)OC(C)CC(C)C)cc(S(N)(=O)=O)c1. The maximum atomic E-state index is 12.0. The molecule has 0 saturated carbocycles. The molecule has 0 aliphatic heterocycles. The quantitative estimate of drug-likeness (QED) is 0.845. The van der Waals surface area contributed by atoms with Crippen LogP contribution in [0.15, 0.2) is 23.1 Å². The molecule has 0 amide bonds. The zero-order valence-corrected chi connectivity index (χ0v) is 13.0. The van der Waals surface area contributed by atoms with Crippen LogP contribution in [0.3, 0.4) is 0 Å². The van der Waals surface area contributed by atoms with Crippen molar-refractivity contribution in [3.63, 3.8) is 0 Å². The Hall–Kier alpha value is -1.40. The standard InChI is InChI=1S/C14H21NO4S/c1-9(2)5-11(4)19-14(16)12-6-10(3)7-13(8-12)20(15,17)18/h6-9,11H,5H2,1-4H3,(H2,15,17,18). The smallest absolute Gasteiger partial charge is 0.338 e. The number of ether oxygens (including phenoxy) is 1. The number of benzene rings is 1. The average molecular weight is 299 g/mol. The molecule has 0 saturated heterocycles. The van der Waals surface area contributed by atoms with Crippen molar-refractivity contribution in [3.05, 3.63) is 29.3 Å². The van der Waals surface area contributed by atoms with Crippen LogP contribution in [-0.2, 0) is 14.8 Å². The van der Waals surface area contributed by atoms with E-state index in [1.165, 1.54) is 12.1 Å². The number of nitrogens with two attached hydrogens (primary N) is 1. The van der Waals surface area contributed by atoms with Crippen LogP contribution in [0.2, 0.25) is 0 Å². The summed E-state index contributed by atoms with van der Waals surface area (Å²) in [6, 6.07) is 4.25. The lowest BCUT2D eigenvalue weighted by molar-refractivity contribution is 0.0299. The molecule has 0 aromatic heterocycles. The molecule has 20 heavy (non-hydrogen) atoms. The molecule has 6 heteroatoms. The number of carbonyl (C=O) groups excluding carboxylic acids is 1. The molecule has 1 unspecified atom stereocenters. The van der Waals surface area contributed by atoms with E-state index < -0.39 is 16.0 Å². The minimum absolute atomic E-state index is 0.0824. The second kappa shape index (κ2) is 6.37. The summed E-state index contributed by atoms with van der Waals surface area (Å²) < 4.78 is 28.0. The van der Waals surface area contributed by atoms with E-state index in [-0.39, 0.29) is 16.6 Å². The zero-order valence-electron chi connectivity index (χ0n) is 12.2. The molecule has 1 rings (SSSR count). The van der Waals surface area contributed by atoms with Gasteiger partial charge in [0.2, 0.25) is 10.0 Å². The highest BCUT2D eigenvalue weighted by Gasteiger charge is 2.17. The molecule has 1 atom stereocenters. The second-order valence-corrected chi connectivity index (χ2v) is 6.99. The van der Waals surface area contributed by atoms with Gasteiger partial charge >= 0.3 is 5.97 Å². The number of esters is 1. The van der Waals surface area contributed by atoms with Gasteiger partial charge in [0.25, 0.3) is 0 Å². The van der Waals surface area contributed by atoms with Crippen molar-refractivity contribution in [3.8, 4) is 0 Å². The fraction of sp³-hybridized carbons (Fsp3) is 0.500. The van der Waals surface area contributed by atoms with Crippen molar-refractivity contribution < 1.29 is 17.9 Å². The molecule has 0 fully saturated rings. The molecule has 1 aromatic rings. The van der Waals surface area contributed by atoms with Crippen LogP contribution in [0.1, 0.15) is 43.1 Å². The average Bonchev–Trinajstić information content (AvgIpc) is 2.25. The summed E-state index contributed by atoms with van der Waals surface area (Å²) in [5.41, 5.74) is 0.838. The first-order valence-corrected chi connectivity index (χ1v) is 7.99. The van der Waals surface area contributed by atoms with Gasteiger partial charge < -0.3 is 4.74 Å². The monoisotopic (exact) mass is 299 g/mol. The molecule has 0 aliphatic rings. The van der Waals surface area contributed by atoms with Crippen molar-refractivity contribution in [2.24, 2.45) is 11.1 Å². The maximum Gasteiger partial charge on any atom is 0.338 e. The molecule has 0 bridgehead atoms. The van der Waals surface area contributed by atoms with Gasteiger partial charge in [-0.25, -0.2) is 18.4 Å². The van der Waals surface area contributed by atoms with Crippen LogP contribution in [-0.4, -0.2) is 20.5 Å². The number of rotatable bonds is 5. The van der Waals surface area contributed by atoms with Gasteiger partial charge in [-0.3, -0.25) is 0 Å². The second-order valence-electron chi connectivity index (χ2n) is 5.43. The molecule has 2 N–H and O–H groups in total. The molecular formula is C14H21NO4S. The van der Waals surface area contributed by atoms with Crippen LogP contribution in [0.4, 0.5) is 0 Å².